The summed E-state index contributed by atoms with van der Waals surface area (Å²) in [6.45, 7) is -3.04. The zero-order valence-corrected chi connectivity index (χ0v) is 13.6. The van der Waals surface area contributed by atoms with Crippen molar-refractivity contribution in [3.05, 3.63) is 48.2 Å². The molecule has 132 valence electrons. The van der Waals surface area contributed by atoms with Gasteiger partial charge in [-0.1, -0.05) is 12.1 Å². The molecule has 2 aromatic rings. The van der Waals surface area contributed by atoms with Gasteiger partial charge in [-0.3, -0.25) is 0 Å². The Morgan fingerprint density at radius 2 is 1.96 bits per heavy atom. The number of aromatic nitrogens is 1. The molecular weight excluding hydrogens is 354 g/mol. The first-order valence-electron chi connectivity index (χ1n) is 7.06. The van der Waals surface area contributed by atoms with E-state index >= 15 is 0 Å². The summed E-state index contributed by atoms with van der Waals surface area (Å²) in [5.41, 5.74) is 0.320. The lowest BCUT2D eigenvalue weighted by Crippen LogP contribution is -2.29. The van der Waals surface area contributed by atoms with Crippen LogP contribution in [0.4, 0.5) is 14.6 Å². The molecule has 0 aliphatic heterocycles. The van der Waals surface area contributed by atoms with Crippen LogP contribution in [0.2, 0.25) is 0 Å². The van der Waals surface area contributed by atoms with Crippen LogP contribution in [0.3, 0.4) is 0 Å². The number of ether oxygens (including phenoxy) is 1. The number of sulfonamides is 1. The quantitative estimate of drug-likeness (QED) is 0.690. The fourth-order valence-electron chi connectivity index (χ4n) is 1.95. The highest BCUT2D eigenvalue weighted by Gasteiger charge is 2.20. The van der Waals surface area contributed by atoms with Gasteiger partial charge in [-0.05, 0) is 24.3 Å². The second-order valence-electron chi connectivity index (χ2n) is 4.66. The van der Waals surface area contributed by atoms with Crippen molar-refractivity contribution in [3.63, 3.8) is 0 Å². The Hall–Kier alpha value is -2.77. The van der Waals surface area contributed by atoms with E-state index in [0.29, 0.717) is 11.4 Å². The topological polar surface area (TPSA) is 104 Å². The third-order valence-electron chi connectivity index (χ3n) is 2.99. The van der Waals surface area contributed by atoms with E-state index in [9.17, 15) is 17.2 Å². The van der Waals surface area contributed by atoms with E-state index in [2.05, 4.69) is 19.8 Å². The number of nitrogens with zero attached hydrogens (tertiary/aromatic N) is 2. The molecule has 0 saturated heterocycles. The number of anilines is 1. The van der Waals surface area contributed by atoms with Crippen molar-refractivity contribution < 1.29 is 21.9 Å². The van der Waals surface area contributed by atoms with Gasteiger partial charge in [0, 0.05) is 19.3 Å². The predicted molar refractivity (Wildman–Crippen MR) is 85.7 cm³/mol. The van der Waals surface area contributed by atoms with E-state index in [4.69, 9.17) is 5.26 Å². The molecule has 0 unspecified atom stereocenters. The molecule has 0 saturated carbocycles. The summed E-state index contributed by atoms with van der Waals surface area (Å²) in [4.78, 5) is 3.59. The van der Waals surface area contributed by atoms with Gasteiger partial charge in [-0.25, -0.2) is 18.1 Å². The van der Waals surface area contributed by atoms with Crippen LogP contribution < -0.4 is 14.8 Å². The normalized spacial score (nSPS) is 11.1. The van der Waals surface area contributed by atoms with Gasteiger partial charge < -0.3 is 10.1 Å². The van der Waals surface area contributed by atoms with Crippen LogP contribution in [0, 0.1) is 11.3 Å². The number of halogens is 2. The van der Waals surface area contributed by atoms with Crippen LogP contribution in [0.5, 0.6) is 5.75 Å². The summed E-state index contributed by atoms with van der Waals surface area (Å²) in [5.74, 6) is -0.111. The van der Waals surface area contributed by atoms with Crippen molar-refractivity contribution >= 4 is 15.8 Å². The SMILES string of the molecule is N#Cc1cccnc1NCCNS(=O)(=O)c1ccccc1OC(F)F. The molecule has 1 aromatic heterocycles. The first kappa shape index (κ1) is 18.6. The molecule has 0 amide bonds. The van der Waals surface area contributed by atoms with Gasteiger partial charge >= 0.3 is 6.61 Å². The molecule has 1 aromatic carbocycles. The average Bonchev–Trinajstić information content (AvgIpc) is 2.59. The lowest BCUT2D eigenvalue weighted by atomic mass is 10.3. The summed E-state index contributed by atoms with van der Waals surface area (Å²) in [5, 5.41) is 11.8. The summed E-state index contributed by atoms with van der Waals surface area (Å²) in [6, 6.07) is 10.2. The molecule has 10 heteroatoms. The largest absolute Gasteiger partial charge is 0.433 e. The van der Waals surface area contributed by atoms with Crippen molar-refractivity contribution in [3.8, 4) is 11.8 Å². The van der Waals surface area contributed by atoms with E-state index in [1.807, 2.05) is 6.07 Å². The zero-order chi connectivity index (χ0) is 18.3. The third-order valence-corrected chi connectivity index (χ3v) is 4.49. The van der Waals surface area contributed by atoms with Gasteiger partial charge in [0.25, 0.3) is 0 Å². The van der Waals surface area contributed by atoms with Gasteiger partial charge in [-0.2, -0.15) is 14.0 Å². The number of pyridine rings is 1. The van der Waals surface area contributed by atoms with Crippen molar-refractivity contribution in [1.82, 2.24) is 9.71 Å². The Morgan fingerprint density at radius 3 is 2.68 bits per heavy atom. The number of nitrogens with one attached hydrogen (secondary N) is 2. The molecule has 0 fully saturated rings. The Labute approximate surface area is 143 Å². The monoisotopic (exact) mass is 368 g/mol. The molecule has 0 atom stereocenters. The number of rotatable bonds is 8. The number of benzene rings is 1. The Bertz CT molecular complexity index is 869. The minimum atomic E-state index is -4.04. The van der Waals surface area contributed by atoms with E-state index in [0.717, 1.165) is 6.07 Å². The second-order valence-corrected chi connectivity index (χ2v) is 6.40. The number of nitriles is 1. The van der Waals surface area contributed by atoms with Crippen LogP contribution in [0.1, 0.15) is 5.56 Å². The van der Waals surface area contributed by atoms with Crippen LogP contribution in [-0.2, 0) is 10.0 Å². The maximum absolute atomic E-state index is 12.4. The number of para-hydroxylation sites is 1. The third kappa shape index (κ3) is 5.10. The maximum atomic E-state index is 12.4. The van der Waals surface area contributed by atoms with Gasteiger partial charge in [-0.15, -0.1) is 0 Å². The minimum Gasteiger partial charge on any atom is -0.433 e. The van der Waals surface area contributed by atoms with Crippen molar-refractivity contribution in [1.29, 1.82) is 5.26 Å². The van der Waals surface area contributed by atoms with Gasteiger partial charge in [0.2, 0.25) is 10.0 Å². The standard InChI is InChI=1S/C15H14F2N4O3S/c16-15(17)24-12-5-1-2-6-13(12)25(22,23)21-9-8-20-14-11(10-18)4-3-7-19-14/h1-7,15,21H,8-9H2,(H,19,20). The zero-order valence-electron chi connectivity index (χ0n) is 12.8. The molecule has 2 N–H and O–H groups in total. The van der Waals surface area contributed by atoms with Crippen molar-refractivity contribution in [2.24, 2.45) is 0 Å². The lowest BCUT2D eigenvalue weighted by molar-refractivity contribution is -0.0517. The Balaban J connectivity index is 2.00. The summed E-state index contributed by atoms with van der Waals surface area (Å²) in [7, 11) is -4.04. The van der Waals surface area contributed by atoms with Gasteiger partial charge in [0.15, 0.2) is 0 Å². The highest BCUT2D eigenvalue weighted by molar-refractivity contribution is 7.89. The Morgan fingerprint density at radius 1 is 1.20 bits per heavy atom. The summed E-state index contributed by atoms with van der Waals surface area (Å²) in [6.07, 6.45) is 1.49. The second kappa shape index (κ2) is 8.36. The number of hydrogen-bond donors (Lipinski definition) is 2. The average molecular weight is 368 g/mol. The molecule has 2 rings (SSSR count). The van der Waals surface area contributed by atoms with Crippen molar-refractivity contribution in [2.75, 3.05) is 18.4 Å². The van der Waals surface area contributed by atoms with Crippen molar-refractivity contribution in [2.45, 2.75) is 11.5 Å². The number of hydrogen-bond acceptors (Lipinski definition) is 6. The molecular formula is C15H14F2N4O3S. The molecule has 0 bridgehead atoms. The molecule has 1 heterocycles. The van der Waals surface area contributed by atoms with Crippen LogP contribution >= 0.6 is 0 Å². The van der Waals surface area contributed by atoms with Crippen LogP contribution in [-0.4, -0.2) is 33.1 Å². The van der Waals surface area contributed by atoms with Crippen LogP contribution in [0.25, 0.3) is 0 Å². The Kier molecular flexibility index (Phi) is 6.21. The molecule has 0 radical (unpaired) electrons. The molecule has 0 aliphatic carbocycles. The van der Waals surface area contributed by atoms with E-state index in [1.54, 1.807) is 12.1 Å². The van der Waals surface area contributed by atoms with E-state index < -0.39 is 22.4 Å². The van der Waals surface area contributed by atoms with E-state index in [-0.39, 0.29) is 18.0 Å². The fraction of sp³-hybridized carbons (Fsp3) is 0.200. The smallest absolute Gasteiger partial charge is 0.387 e. The number of alkyl halides is 2. The summed E-state index contributed by atoms with van der Waals surface area (Å²) < 4.78 is 55.7. The maximum Gasteiger partial charge on any atom is 0.387 e. The van der Waals surface area contributed by atoms with E-state index in [1.165, 1.54) is 24.4 Å². The molecule has 7 nitrogen and oxygen atoms in total. The first-order chi connectivity index (χ1) is 11.9. The van der Waals surface area contributed by atoms with Crippen LogP contribution in [0.15, 0.2) is 47.5 Å². The highest BCUT2D eigenvalue weighted by atomic mass is 32.2. The minimum absolute atomic E-state index is 0.0488. The summed E-state index contributed by atoms with van der Waals surface area (Å²) >= 11 is 0. The molecule has 0 spiro atoms. The molecule has 25 heavy (non-hydrogen) atoms. The first-order valence-corrected chi connectivity index (χ1v) is 8.55. The fourth-order valence-corrected chi connectivity index (χ4v) is 3.11. The highest BCUT2D eigenvalue weighted by Crippen LogP contribution is 2.24. The predicted octanol–water partition coefficient (Wildman–Crippen LogP) is 1.95. The molecule has 0 aliphatic rings. The van der Waals surface area contributed by atoms with Gasteiger partial charge in [0.1, 0.15) is 22.5 Å². The lowest BCUT2D eigenvalue weighted by Gasteiger charge is -2.12. The van der Waals surface area contributed by atoms with Gasteiger partial charge in [0.05, 0.1) is 5.56 Å².